The van der Waals surface area contributed by atoms with Crippen molar-refractivity contribution in [2.24, 2.45) is 12.1 Å². The highest BCUT2D eigenvalue weighted by atomic mass is 32.2. The Morgan fingerprint density at radius 3 is 2.03 bits per heavy atom. The summed E-state index contributed by atoms with van der Waals surface area (Å²) in [5.74, 6) is -0.161. The van der Waals surface area contributed by atoms with Crippen LogP contribution in [-0.4, -0.2) is 25.1 Å². The monoisotopic (exact) mass is 518 g/mol. The number of pyridine rings is 1. The van der Waals surface area contributed by atoms with E-state index in [4.69, 9.17) is 4.55 Å². The van der Waals surface area contributed by atoms with Gasteiger partial charge in [-0.2, -0.15) is 13.5 Å². The van der Waals surface area contributed by atoms with Crippen LogP contribution < -0.4 is 9.99 Å². The molecule has 2 rings (SSSR count). The Kier molecular flexibility index (Phi) is 16.3. The van der Waals surface area contributed by atoms with Crippen LogP contribution in [0.1, 0.15) is 99.9 Å². The van der Waals surface area contributed by atoms with Crippen molar-refractivity contribution in [3.05, 3.63) is 59.9 Å². The molecule has 0 bridgehead atoms. The minimum Gasteiger partial charge on any atom is -0.282 e. The maximum absolute atomic E-state index is 11.9. The number of hydrogen-bond donors (Lipinski definition) is 2. The number of nitrogens with one attached hydrogen (secondary N) is 1. The van der Waals surface area contributed by atoms with E-state index in [9.17, 15) is 13.2 Å². The average Bonchev–Trinajstić information content (AvgIpc) is 2.84. The number of nitrogens with zero attached hydrogens (tertiary/aromatic N) is 2. The Morgan fingerprint density at radius 1 is 0.944 bits per heavy atom. The molecule has 0 saturated heterocycles. The van der Waals surface area contributed by atoms with E-state index in [-0.39, 0.29) is 10.8 Å². The van der Waals surface area contributed by atoms with Crippen molar-refractivity contribution in [2.45, 2.75) is 95.8 Å². The highest BCUT2D eigenvalue weighted by molar-refractivity contribution is 7.85. The van der Waals surface area contributed by atoms with E-state index in [1.807, 2.05) is 37.0 Å². The molecule has 8 heteroatoms. The molecule has 0 spiro atoms. The van der Waals surface area contributed by atoms with E-state index < -0.39 is 10.1 Å². The highest BCUT2D eigenvalue weighted by Gasteiger charge is 2.07. The number of hydrazone groups is 1. The Balaban J connectivity index is 0.000000488. The third-order valence-electron chi connectivity index (χ3n) is 5.71. The average molecular weight is 519 g/mol. The lowest BCUT2D eigenvalue weighted by Crippen LogP contribution is -2.29. The second-order valence-corrected chi connectivity index (χ2v) is 10.5. The lowest BCUT2D eigenvalue weighted by atomic mass is 10.1. The minimum absolute atomic E-state index is 0.0666. The second-order valence-electron chi connectivity index (χ2n) is 9.12. The summed E-state index contributed by atoms with van der Waals surface area (Å²) in [4.78, 5) is 11.8. The second kappa shape index (κ2) is 18.7. The molecule has 200 valence electrons. The van der Waals surface area contributed by atoms with Crippen LogP contribution in [0.4, 0.5) is 0 Å². The van der Waals surface area contributed by atoms with Gasteiger partial charge in [-0.05, 0) is 38.0 Å². The molecule has 0 aliphatic heterocycles. The number of hydrogen-bond acceptors (Lipinski definition) is 4. The topological polar surface area (TPSA) is 99.7 Å². The quantitative estimate of drug-likeness (QED) is 0.0968. The Bertz CT molecular complexity index is 1010. The van der Waals surface area contributed by atoms with Crippen LogP contribution in [0.25, 0.3) is 0 Å². The van der Waals surface area contributed by atoms with Gasteiger partial charge in [0.05, 0.1) is 4.90 Å². The zero-order valence-electron chi connectivity index (χ0n) is 22.2. The number of aromatic nitrogens is 1. The first-order chi connectivity index (χ1) is 17.2. The van der Waals surface area contributed by atoms with Gasteiger partial charge in [-0.1, -0.05) is 88.8 Å². The molecule has 1 heterocycles. The molecule has 0 aliphatic carbocycles. The summed E-state index contributed by atoms with van der Waals surface area (Å²) in [6.45, 7) is 4.11. The van der Waals surface area contributed by atoms with E-state index in [2.05, 4.69) is 17.5 Å². The lowest BCUT2D eigenvalue weighted by Gasteiger charge is -2.01. The maximum Gasteiger partial charge on any atom is 0.294 e. The van der Waals surface area contributed by atoms with Crippen molar-refractivity contribution >= 4 is 22.2 Å². The number of carbonyl (C=O) groups excluding carboxylic acids is 1. The predicted octanol–water partition coefficient (Wildman–Crippen LogP) is 6.17. The van der Waals surface area contributed by atoms with Gasteiger partial charge in [0.15, 0.2) is 12.4 Å². The number of rotatable bonds is 15. The number of amides is 1. The molecule has 0 radical (unpaired) electrons. The number of carbonyl (C=O) groups is 1. The number of aryl methyl sites for hydroxylation is 2. The molecule has 1 aromatic carbocycles. The number of unbranched alkanes of at least 4 members (excludes halogenated alkanes) is 11. The molecule has 1 amide bonds. The van der Waals surface area contributed by atoms with E-state index in [0.717, 1.165) is 18.4 Å². The van der Waals surface area contributed by atoms with Crippen LogP contribution in [0.15, 0.2) is 58.8 Å². The highest BCUT2D eigenvalue weighted by Crippen LogP contribution is 2.11. The Hall–Kier alpha value is -2.58. The maximum atomic E-state index is 11.9. The van der Waals surface area contributed by atoms with Crippen molar-refractivity contribution in [3.63, 3.8) is 0 Å². The molecule has 0 aliphatic rings. The van der Waals surface area contributed by atoms with E-state index in [1.165, 1.54) is 76.3 Å². The first-order valence-electron chi connectivity index (χ1n) is 13.1. The number of benzene rings is 1. The van der Waals surface area contributed by atoms with Crippen molar-refractivity contribution in [1.82, 2.24) is 5.43 Å². The molecule has 0 fully saturated rings. The molecule has 7 nitrogen and oxygen atoms in total. The van der Waals surface area contributed by atoms with E-state index in [0.29, 0.717) is 5.56 Å². The first kappa shape index (κ1) is 31.4. The SMILES string of the molecule is CCCCCCCCCCCCC/C=N/NC(=O)c1ccc[n+](C)c1.Cc1ccc(S(=O)(=O)O)cc1. The van der Waals surface area contributed by atoms with Crippen LogP contribution in [0, 0.1) is 6.92 Å². The van der Waals surface area contributed by atoms with Gasteiger partial charge in [0.2, 0.25) is 0 Å². The Morgan fingerprint density at radius 2 is 1.50 bits per heavy atom. The summed E-state index contributed by atoms with van der Waals surface area (Å²) in [7, 11) is -2.12. The van der Waals surface area contributed by atoms with Crippen LogP contribution in [-0.2, 0) is 17.2 Å². The minimum atomic E-state index is -4.02. The summed E-state index contributed by atoms with van der Waals surface area (Å²) < 4.78 is 31.4. The lowest BCUT2D eigenvalue weighted by molar-refractivity contribution is -0.671. The van der Waals surface area contributed by atoms with Crippen LogP contribution >= 0.6 is 0 Å². The summed E-state index contributed by atoms with van der Waals surface area (Å²) in [6.07, 6.45) is 21.2. The summed E-state index contributed by atoms with van der Waals surface area (Å²) in [5.41, 5.74) is 4.16. The fraction of sp³-hybridized carbons (Fsp3) is 0.536. The van der Waals surface area contributed by atoms with Gasteiger partial charge in [-0.15, -0.1) is 0 Å². The predicted molar refractivity (Wildman–Crippen MR) is 146 cm³/mol. The molecular formula is C28H44N3O4S+. The van der Waals surface area contributed by atoms with Gasteiger partial charge >= 0.3 is 0 Å². The first-order valence-corrected chi connectivity index (χ1v) is 14.5. The van der Waals surface area contributed by atoms with E-state index >= 15 is 0 Å². The summed E-state index contributed by atoms with van der Waals surface area (Å²) >= 11 is 0. The molecule has 0 unspecified atom stereocenters. The third-order valence-corrected chi connectivity index (χ3v) is 6.58. The summed E-state index contributed by atoms with van der Waals surface area (Å²) in [5, 5.41) is 4.03. The largest absolute Gasteiger partial charge is 0.294 e. The van der Waals surface area contributed by atoms with Crippen LogP contribution in [0.5, 0.6) is 0 Å². The van der Waals surface area contributed by atoms with Crippen molar-refractivity contribution in [3.8, 4) is 0 Å². The van der Waals surface area contributed by atoms with Gasteiger partial charge in [0.25, 0.3) is 16.0 Å². The zero-order valence-corrected chi connectivity index (χ0v) is 23.0. The van der Waals surface area contributed by atoms with Crippen molar-refractivity contribution in [2.75, 3.05) is 0 Å². The fourth-order valence-corrected chi connectivity index (χ4v) is 4.05. The van der Waals surface area contributed by atoms with Gasteiger partial charge < -0.3 is 0 Å². The van der Waals surface area contributed by atoms with Gasteiger partial charge in [0.1, 0.15) is 12.6 Å². The van der Waals surface area contributed by atoms with Gasteiger partial charge in [0, 0.05) is 12.3 Å². The van der Waals surface area contributed by atoms with Gasteiger partial charge in [-0.25, -0.2) is 9.99 Å². The van der Waals surface area contributed by atoms with Gasteiger partial charge in [-0.3, -0.25) is 9.35 Å². The zero-order chi connectivity index (χ0) is 26.7. The molecule has 1 aromatic heterocycles. The van der Waals surface area contributed by atoms with Crippen molar-refractivity contribution in [1.29, 1.82) is 0 Å². The molecule has 2 N–H and O–H groups in total. The van der Waals surface area contributed by atoms with Crippen molar-refractivity contribution < 1.29 is 22.3 Å². The molecule has 36 heavy (non-hydrogen) atoms. The standard InChI is InChI=1S/C21H35N3O.C7H8O3S/c1-3-4-5-6-7-8-9-10-11-12-13-14-17-22-23-21(25)20-16-15-18-24(2)19-20;1-6-2-4-7(5-3-6)11(8,9)10/h15-19H,3-14H2,1-2H3;2-5H,1H3,(H,8,9,10)/p+1/b22-17+;. The molecule has 0 atom stereocenters. The fourth-order valence-electron chi connectivity index (χ4n) is 3.57. The summed E-state index contributed by atoms with van der Waals surface area (Å²) in [6, 6.07) is 9.63. The smallest absolute Gasteiger partial charge is 0.282 e. The van der Waals surface area contributed by atoms with Crippen LogP contribution in [0.3, 0.4) is 0 Å². The third kappa shape index (κ3) is 15.4. The Labute approximate surface area is 217 Å². The molecule has 2 aromatic rings. The molecular weight excluding hydrogens is 474 g/mol. The normalized spacial score (nSPS) is 11.2. The van der Waals surface area contributed by atoms with Crippen LogP contribution in [0.2, 0.25) is 0 Å². The molecule has 0 saturated carbocycles. The van der Waals surface area contributed by atoms with E-state index in [1.54, 1.807) is 24.4 Å².